The first-order valence-corrected chi connectivity index (χ1v) is 18.5. The summed E-state index contributed by atoms with van der Waals surface area (Å²) >= 11 is 0. The molecule has 2 heteroatoms. The molecule has 54 heavy (non-hydrogen) atoms. The van der Waals surface area contributed by atoms with E-state index in [0.717, 1.165) is 55.0 Å². The van der Waals surface area contributed by atoms with Crippen molar-refractivity contribution in [3.8, 4) is 33.4 Å². The summed E-state index contributed by atoms with van der Waals surface area (Å²) in [7, 11) is 0. The number of benzene rings is 10. The third-order valence-corrected chi connectivity index (χ3v) is 11.4. The summed E-state index contributed by atoms with van der Waals surface area (Å²) in [5.74, 6) is 0. The Kier molecular flexibility index (Phi) is 6.09. The molecule has 0 saturated heterocycles. The number of hydrogen-bond donors (Lipinski definition) is 0. The Morgan fingerprint density at radius 2 is 0.759 bits per heavy atom. The highest BCUT2D eigenvalue weighted by Gasteiger charge is 2.19. The molecule has 0 amide bonds. The van der Waals surface area contributed by atoms with E-state index in [1.165, 1.54) is 65.3 Å². The van der Waals surface area contributed by atoms with Gasteiger partial charge in [0.05, 0.1) is 0 Å². The summed E-state index contributed by atoms with van der Waals surface area (Å²) in [4.78, 5) is 0. The van der Waals surface area contributed by atoms with Gasteiger partial charge in [0, 0.05) is 21.5 Å². The third-order valence-electron chi connectivity index (χ3n) is 11.4. The van der Waals surface area contributed by atoms with Gasteiger partial charge in [-0.25, -0.2) is 0 Å². The van der Waals surface area contributed by atoms with Crippen LogP contribution in [0.25, 0.3) is 120 Å². The summed E-state index contributed by atoms with van der Waals surface area (Å²) < 4.78 is 13.1. The minimum atomic E-state index is 0.793. The predicted molar refractivity (Wildman–Crippen MR) is 227 cm³/mol. The van der Waals surface area contributed by atoms with Crippen LogP contribution in [0.4, 0.5) is 0 Å². The van der Waals surface area contributed by atoms with Crippen molar-refractivity contribution in [3.05, 3.63) is 182 Å². The number of rotatable bonds is 3. The molecular formula is C52H30O2. The van der Waals surface area contributed by atoms with Gasteiger partial charge in [-0.3, -0.25) is 0 Å². The maximum atomic E-state index is 6.64. The highest BCUT2D eigenvalue weighted by Crippen LogP contribution is 2.45. The van der Waals surface area contributed by atoms with Gasteiger partial charge in [0.25, 0.3) is 0 Å². The largest absolute Gasteiger partial charge is 0.452 e. The van der Waals surface area contributed by atoms with Crippen molar-refractivity contribution < 1.29 is 8.83 Å². The van der Waals surface area contributed by atoms with Crippen molar-refractivity contribution in [3.63, 3.8) is 0 Å². The Hall–Kier alpha value is -7.16. The first-order valence-electron chi connectivity index (χ1n) is 18.5. The fourth-order valence-electron chi connectivity index (χ4n) is 8.94. The average Bonchev–Trinajstić information content (AvgIpc) is 3.81. The molecular weight excluding hydrogens is 657 g/mol. The highest BCUT2D eigenvalue weighted by atomic mass is 16.4. The van der Waals surface area contributed by atoms with Crippen LogP contribution in [0.5, 0.6) is 0 Å². The van der Waals surface area contributed by atoms with E-state index in [0.29, 0.717) is 0 Å². The van der Waals surface area contributed by atoms with Gasteiger partial charge in [-0.2, -0.15) is 0 Å². The monoisotopic (exact) mass is 686 g/mol. The molecule has 2 heterocycles. The van der Waals surface area contributed by atoms with Crippen molar-refractivity contribution in [2.24, 2.45) is 0 Å². The molecule has 0 N–H and O–H groups in total. The van der Waals surface area contributed by atoms with Crippen LogP contribution in [0.3, 0.4) is 0 Å². The summed E-state index contributed by atoms with van der Waals surface area (Å²) in [5, 5.41) is 14.3. The van der Waals surface area contributed by atoms with Crippen LogP contribution < -0.4 is 0 Å². The van der Waals surface area contributed by atoms with Crippen molar-refractivity contribution in [2.45, 2.75) is 0 Å². The number of furan rings is 2. The van der Waals surface area contributed by atoms with E-state index in [-0.39, 0.29) is 0 Å². The zero-order valence-electron chi connectivity index (χ0n) is 29.1. The van der Waals surface area contributed by atoms with Gasteiger partial charge in [-0.05, 0) is 113 Å². The Labute approximate surface area is 310 Å². The molecule has 0 aliphatic carbocycles. The van der Waals surface area contributed by atoms with Crippen molar-refractivity contribution in [1.29, 1.82) is 0 Å². The van der Waals surface area contributed by atoms with Crippen LogP contribution in [0.1, 0.15) is 0 Å². The molecule has 0 spiro atoms. The van der Waals surface area contributed by atoms with E-state index in [1.54, 1.807) is 0 Å². The van der Waals surface area contributed by atoms with Crippen LogP contribution in [0, 0.1) is 0 Å². The molecule has 10 aromatic carbocycles. The minimum Gasteiger partial charge on any atom is -0.452 e. The van der Waals surface area contributed by atoms with Crippen LogP contribution >= 0.6 is 0 Å². The molecule has 0 atom stereocenters. The van der Waals surface area contributed by atoms with E-state index < -0.39 is 0 Å². The third kappa shape index (κ3) is 4.22. The molecule has 0 fully saturated rings. The zero-order valence-corrected chi connectivity index (χ0v) is 29.1. The predicted octanol–water partition coefficient (Wildman–Crippen LogP) is 15.1. The fourth-order valence-corrected chi connectivity index (χ4v) is 8.94. The van der Waals surface area contributed by atoms with Gasteiger partial charge < -0.3 is 8.83 Å². The molecule has 0 aliphatic heterocycles. The van der Waals surface area contributed by atoms with Crippen LogP contribution in [-0.2, 0) is 0 Å². The topological polar surface area (TPSA) is 26.3 Å². The van der Waals surface area contributed by atoms with Crippen molar-refractivity contribution >= 4 is 87.0 Å². The van der Waals surface area contributed by atoms with E-state index in [1.807, 2.05) is 0 Å². The van der Waals surface area contributed by atoms with Crippen LogP contribution in [-0.4, -0.2) is 0 Å². The van der Waals surface area contributed by atoms with Crippen molar-refractivity contribution in [2.75, 3.05) is 0 Å². The molecule has 0 aliphatic rings. The van der Waals surface area contributed by atoms with E-state index in [2.05, 4.69) is 182 Å². The molecule has 0 saturated carbocycles. The first-order chi connectivity index (χ1) is 26.8. The molecule has 250 valence electrons. The highest BCUT2D eigenvalue weighted by molar-refractivity contribution is 6.25. The Balaban J connectivity index is 0.982. The smallest absolute Gasteiger partial charge is 0.178 e. The lowest BCUT2D eigenvalue weighted by Crippen LogP contribution is -1.91. The van der Waals surface area contributed by atoms with E-state index >= 15 is 0 Å². The second kappa shape index (κ2) is 11.2. The van der Waals surface area contributed by atoms with Crippen molar-refractivity contribution in [1.82, 2.24) is 0 Å². The standard InChI is InChI=1S/C52H30O2/c1-2-11-35-29-37(22-19-31(35)9-1)49-42-15-7-5-13-40(42)48(41-14-6-8-16-43(41)49)34-20-17-32(18-21-34)36-23-25-39-44-26-27-45-50-38-12-4-3-10-33(38)24-28-46(50)53-52(45)51(44)54-47(39)30-36/h1-30H. The fraction of sp³-hybridized carbons (Fsp3) is 0. The lowest BCUT2D eigenvalue weighted by atomic mass is 9.85. The Morgan fingerprint density at radius 1 is 0.259 bits per heavy atom. The van der Waals surface area contributed by atoms with E-state index in [9.17, 15) is 0 Å². The molecule has 0 radical (unpaired) electrons. The molecule has 2 nitrogen and oxygen atoms in total. The normalized spacial score (nSPS) is 12.1. The van der Waals surface area contributed by atoms with Crippen LogP contribution in [0.15, 0.2) is 191 Å². The summed E-state index contributed by atoms with van der Waals surface area (Å²) in [6.45, 7) is 0. The van der Waals surface area contributed by atoms with Gasteiger partial charge in [0.2, 0.25) is 0 Å². The molecule has 0 unspecified atom stereocenters. The van der Waals surface area contributed by atoms with Gasteiger partial charge in [0.15, 0.2) is 11.2 Å². The summed E-state index contributed by atoms with van der Waals surface area (Å²) in [6, 6.07) is 65.7. The van der Waals surface area contributed by atoms with Crippen LogP contribution in [0.2, 0.25) is 0 Å². The zero-order chi connectivity index (χ0) is 35.3. The second-order valence-electron chi connectivity index (χ2n) is 14.4. The molecule has 2 aromatic heterocycles. The van der Waals surface area contributed by atoms with Gasteiger partial charge >= 0.3 is 0 Å². The Morgan fingerprint density at radius 3 is 1.50 bits per heavy atom. The summed E-state index contributed by atoms with van der Waals surface area (Å²) in [6.07, 6.45) is 0. The van der Waals surface area contributed by atoms with Gasteiger partial charge in [-0.15, -0.1) is 0 Å². The minimum absolute atomic E-state index is 0.793. The molecule has 12 aromatic rings. The van der Waals surface area contributed by atoms with Gasteiger partial charge in [-0.1, -0.05) is 146 Å². The quantitative estimate of drug-likeness (QED) is 0.173. The average molecular weight is 687 g/mol. The summed E-state index contributed by atoms with van der Waals surface area (Å²) in [5.41, 5.74) is 10.5. The molecule has 0 bridgehead atoms. The van der Waals surface area contributed by atoms with Gasteiger partial charge in [0.1, 0.15) is 11.2 Å². The lowest BCUT2D eigenvalue weighted by molar-refractivity contribution is 0.633. The molecule has 12 rings (SSSR count). The maximum absolute atomic E-state index is 6.64. The number of fused-ring (bicyclic) bond motifs is 12. The first kappa shape index (κ1) is 29.4. The van der Waals surface area contributed by atoms with E-state index in [4.69, 9.17) is 8.83 Å². The Bertz CT molecular complexity index is 3430. The lowest BCUT2D eigenvalue weighted by Gasteiger charge is -2.18. The SMILES string of the molecule is c1ccc2cc(-c3c4ccccc4c(-c4ccc(-c5ccc6c(c5)oc5c6ccc6c5oc5ccc7ccccc7c56)cc4)c4ccccc34)ccc2c1. The maximum Gasteiger partial charge on any atom is 0.178 e. The number of hydrogen-bond acceptors (Lipinski definition) is 2. The second-order valence-corrected chi connectivity index (χ2v) is 14.4.